The maximum Gasteiger partial charge on any atom is 0.00719 e. The molecular weight excluding hydrogens is 134 g/mol. The van der Waals surface area contributed by atoms with Crippen LogP contribution in [0.5, 0.6) is 0 Å². The normalized spacial score (nSPS) is 32.7. The zero-order valence-electron chi connectivity index (χ0n) is 8.06. The Hall–Kier alpha value is -0.0400. The van der Waals surface area contributed by atoms with Gasteiger partial charge in [-0.3, -0.25) is 0 Å². The topological polar surface area (TPSA) is 12.0 Å². The van der Waals surface area contributed by atoms with E-state index in [1.54, 1.807) is 0 Å². The average Bonchev–Trinajstić information content (AvgIpc) is 1.85. The van der Waals surface area contributed by atoms with Crippen molar-refractivity contribution in [2.75, 3.05) is 0 Å². The van der Waals surface area contributed by atoms with Gasteiger partial charge in [0.15, 0.2) is 0 Å². The Morgan fingerprint density at radius 3 is 2.64 bits per heavy atom. The summed E-state index contributed by atoms with van der Waals surface area (Å²) in [7, 11) is 0. The molecule has 2 atom stereocenters. The van der Waals surface area contributed by atoms with Gasteiger partial charge in [0.2, 0.25) is 0 Å². The quantitative estimate of drug-likeness (QED) is 0.646. The molecule has 0 aromatic rings. The molecule has 1 aliphatic rings. The van der Waals surface area contributed by atoms with Crippen LogP contribution in [0.4, 0.5) is 0 Å². The molecule has 11 heavy (non-hydrogen) atoms. The molecule has 1 N–H and O–H groups in total. The van der Waals surface area contributed by atoms with Crippen LogP contribution in [0.25, 0.3) is 0 Å². The molecule has 0 aromatic carbocycles. The number of hydrogen-bond acceptors (Lipinski definition) is 1. The minimum absolute atomic E-state index is 0.757. The molecular formula is C10H21N. The van der Waals surface area contributed by atoms with Gasteiger partial charge in [0.1, 0.15) is 0 Å². The van der Waals surface area contributed by atoms with Crippen molar-refractivity contribution < 1.29 is 0 Å². The average molecular weight is 155 g/mol. The first-order valence-corrected chi connectivity index (χ1v) is 4.94. The lowest BCUT2D eigenvalue weighted by molar-refractivity contribution is 0.298. The molecule has 0 aliphatic carbocycles. The second kappa shape index (κ2) is 4.10. The van der Waals surface area contributed by atoms with Crippen molar-refractivity contribution in [3.05, 3.63) is 0 Å². The van der Waals surface area contributed by atoms with Gasteiger partial charge in [-0.05, 0) is 32.1 Å². The Balaban J connectivity index is 2.23. The summed E-state index contributed by atoms with van der Waals surface area (Å²) in [6.07, 6.45) is 5.53. The van der Waals surface area contributed by atoms with Crippen LogP contribution in [0, 0.1) is 5.92 Å². The summed E-state index contributed by atoms with van der Waals surface area (Å²) >= 11 is 0. The van der Waals surface area contributed by atoms with Crippen molar-refractivity contribution in [1.82, 2.24) is 5.32 Å². The number of rotatable bonds is 2. The van der Waals surface area contributed by atoms with Gasteiger partial charge in [0.05, 0.1) is 0 Å². The Kier molecular flexibility index (Phi) is 3.38. The molecule has 1 nitrogen and oxygen atoms in total. The van der Waals surface area contributed by atoms with Crippen molar-refractivity contribution in [3.63, 3.8) is 0 Å². The zero-order valence-corrected chi connectivity index (χ0v) is 8.06. The van der Waals surface area contributed by atoms with E-state index < -0.39 is 0 Å². The van der Waals surface area contributed by atoms with Gasteiger partial charge in [-0.2, -0.15) is 0 Å². The molecule has 1 aliphatic heterocycles. The fourth-order valence-corrected chi connectivity index (χ4v) is 1.99. The first-order valence-electron chi connectivity index (χ1n) is 4.94. The highest BCUT2D eigenvalue weighted by Crippen LogP contribution is 2.17. The lowest BCUT2D eigenvalue weighted by Gasteiger charge is -2.29. The Morgan fingerprint density at radius 1 is 1.36 bits per heavy atom. The molecule has 0 saturated carbocycles. The Bertz CT molecular complexity index is 107. The monoisotopic (exact) mass is 155 g/mol. The van der Waals surface area contributed by atoms with Gasteiger partial charge in [-0.15, -0.1) is 0 Å². The van der Waals surface area contributed by atoms with E-state index in [1.807, 2.05) is 0 Å². The third kappa shape index (κ3) is 3.24. The lowest BCUT2D eigenvalue weighted by Crippen LogP contribution is -2.41. The van der Waals surface area contributed by atoms with Crippen LogP contribution in [0.3, 0.4) is 0 Å². The first-order chi connectivity index (χ1) is 5.18. The van der Waals surface area contributed by atoms with Crippen LogP contribution < -0.4 is 5.32 Å². The highest BCUT2D eigenvalue weighted by atomic mass is 15.0. The largest absolute Gasteiger partial charge is 0.311 e. The van der Waals surface area contributed by atoms with Crippen LogP contribution in [0.2, 0.25) is 0 Å². The van der Waals surface area contributed by atoms with E-state index in [-0.39, 0.29) is 0 Å². The summed E-state index contributed by atoms with van der Waals surface area (Å²) in [4.78, 5) is 0. The molecule has 66 valence electrons. The highest BCUT2D eigenvalue weighted by Gasteiger charge is 2.17. The summed E-state index contributed by atoms with van der Waals surface area (Å²) in [6, 6.07) is 1.56. The minimum atomic E-state index is 0.757. The maximum atomic E-state index is 3.65. The van der Waals surface area contributed by atoms with E-state index in [0.29, 0.717) is 0 Å². The first kappa shape index (κ1) is 9.05. The second-order valence-electron chi connectivity index (χ2n) is 4.33. The molecule has 1 unspecified atom stereocenters. The highest BCUT2D eigenvalue weighted by molar-refractivity contribution is 4.78. The van der Waals surface area contributed by atoms with Crippen molar-refractivity contribution >= 4 is 0 Å². The van der Waals surface area contributed by atoms with Crippen LogP contribution in [0.15, 0.2) is 0 Å². The van der Waals surface area contributed by atoms with Crippen LogP contribution in [-0.2, 0) is 0 Å². The summed E-state index contributed by atoms with van der Waals surface area (Å²) < 4.78 is 0. The van der Waals surface area contributed by atoms with E-state index in [9.17, 15) is 0 Å². The molecule has 0 spiro atoms. The van der Waals surface area contributed by atoms with Gasteiger partial charge in [0.25, 0.3) is 0 Å². The van der Waals surface area contributed by atoms with Gasteiger partial charge in [-0.1, -0.05) is 20.3 Å². The maximum absolute atomic E-state index is 3.65. The summed E-state index contributed by atoms with van der Waals surface area (Å²) in [5, 5.41) is 3.65. The van der Waals surface area contributed by atoms with Gasteiger partial charge in [-0.25, -0.2) is 0 Å². The standard InChI is InChI=1S/C10H21N/c1-8(2)7-10-6-4-5-9(3)11-10/h8-11H,4-7H2,1-3H3/t9?,10-/m1/s1. The predicted octanol–water partition coefficient (Wildman–Crippen LogP) is 2.56. The number of piperidine rings is 1. The van der Waals surface area contributed by atoms with E-state index in [1.165, 1.54) is 25.7 Å². The summed E-state index contributed by atoms with van der Waals surface area (Å²) in [5.74, 6) is 0.845. The van der Waals surface area contributed by atoms with Crippen molar-refractivity contribution in [1.29, 1.82) is 0 Å². The SMILES string of the molecule is CC(C)C[C@H]1CCCC(C)N1. The summed E-state index contributed by atoms with van der Waals surface area (Å²) in [6.45, 7) is 6.91. The molecule has 1 heterocycles. The van der Waals surface area contributed by atoms with Crippen LogP contribution in [-0.4, -0.2) is 12.1 Å². The third-order valence-corrected chi connectivity index (χ3v) is 2.47. The van der Waals surface area contributed by atoms with E-state index >= 15 is 0 Å². The number of nitrogens with one attached hydrogen (secondary N) is 1. The second-order valence-corrected chi connectivity index (χ2v) is 4.33. The molecule has 0 amide bonds. The molecule has 0 bridgehead atoms. The van der Waals surface area contributed by atoms with Gasteiger partial charge in [0, 0.05) is 12.1 Å². The number of hydrogen-bond donors (Lipinski definition) is 1. The fourth-order valence-electron chi connectivity index (χ4n) is 1.99. The van der Waals surface area contributed by atoms with E-state index in [4.69, 9.17) is 0 Å². The van der Waals surface area contributed by atoms with E-state index in [0.717, 1.165) is 18.0 Å². The third-order valence-electron chi connectivity index (χ3n) is 2.47. The molecule has 1 saturated heterocycles. The smallest absolute Gasteiger partial charge is 0.00719 e. The molecule has 1 rings (SSSR count). The molecule has 1 heteroatoms. The Labute approximate surface area is 70.6 Å². The fraction of sp³-hybridized carbons (Fsp3) is 1.00. The Morgan fingerprint density at radius 2 is 2.09 bits per heavy atom. The lowest BCUT2D eigenvalue weighted by atomic mass is 9.93. The van der Waals surface area contributed by atoms with Crippen molar-refractivity contribution in [2.45, 2.75) is 58.5 Å². The van der Waals surface area contributed by atoms with E-state index in [2.05, 4.69) is 26.1 Å². The van der Waals surface area contributed by atoms with Crippen LogP contribution in [0.1, 0.15) is 46.5 Å². The summed E-state index contributed by atoms with van der Waals surface area (Å²) in [5.41, 5.74) is 0. The van der Waals surface area contributed by atoms with Crippen molar-refractivity contribution in [2.24, 2.45) is 5.92 Å². The van der Waals surface area contributed by atoms with Gasteiger partial charge < -0.3 is 5.32 Å². The minimum Gasteiger partial charge on any atom is -0.311 e. The zero-order chi connectivity index (χ0) is 8.27. The molecule has 1 fully saturated rings. The predicted molar refractivity (Wildman–Crippen MR) is 49.7 cm³/mol. The van der Waals surface area contributed by atoms with Crippen molar-refractivity contribution in [3.8, 4) is 0 Å². The van der Waals surface area contributed by atoms with Crippen LogP contribution >= 0.6 is 0 Å². The molecule has 0 radical (unpaired) electrons. The molecule has 0 aromatic heterocycles. The van der Waals surface area contributed by atoms with Gasteiger partial charge >= 0.3 is 0 Å².